The third-order valence-electron chi connectivity index (χ3n) is 4.82. The lowest BCUT2D eigenvalue weighted by Crippen LogP contribution is -2.39. The van der Waals surface area contributed by atoms with E-state index in [2.05, 4.69) is 12.1 Å². The molecule has 2 aromatic rings. The van der Waals surface area contributed by atoms with E-state index in [1.54, 1.807) is 14.0 Å². The lowest BCUT2D eigenvalue weighted by atomic mass is 10.1. The molecular weight excluding hydrogens is 304 g/mol. The van der Waals surface area contributed by atoms with Crippen LogP contribution in [-0.4, -0.2) is 29.1 Å². The second-order valence-electron chi connectivity index (χ2n) is 6.56. The highest BCUT2D eigenvalue weighted by Crippen LogP contribution is 2.36. The summed E-state index contributed by atoms with van der Waals surface area (Å²) in [5.74, 6) is 1.99. The van der Waals surface area contributed by atoms with E-state index in [-0.39, 0.29) is 11.9 Å². The highest BCUT2D eigenvalue weighted by molar-refractivity contribution is 5.96. The van der Waals surface area contributed by atoms with Gasteiger partial charge in [0.25, 0.3) is 5.91 Å². The lowest BCUT2D eigenvalue weighted by molar-refractivity contribution is 0.0652. The van der Waals surface area contributed by atoms with E-state index in [0.717, 1.165) is 11.3 Å². The van der Waals surface area contributed by atoms with Crippen LogP contribution in [0.2, 0.25) is 0 Å². The molecule has 1 amide bonds. The van der Waals surface area contributed by atoms with Crippen LogP contribution in [0.15, 0.2) is 28.8 Å². The molecule has 5 heteroatoms. The number of carbonyl (C=O) groups is 1. The van der Waals surface area contributed by atoms with Crippen LogP contribution >= 0.6 is 0 Å². The molecule has 0 spiro atoms. The van der Waals surface area contributed by atoms with Crippen molar-refractivity contribution in [1.29, 1.82) is 0 Å². The van der Waals surface area contributed by atoms with Crippen molar-refractivity contribution >= 4 is 5.91 Å². The van der Waals surface area contributed by atoms with Crippen molar-refractivity contribution < 1.29 is 14.1 Å². The van der Waals surface area contributed by atoms with Crippen molar-refractivity contribution in [1.82, 2.24) is 10.1 Å². The number of hydrogen-bond donors (Lipinski definition) is 0. The van der Waals surface area contributed by atoms with Gasteiger partial charge in [0.05, 0.1) is 12.8 Å². The van der Waals surface area contributed by atoms with Gasteiger partial charge in [0, 0.05) is 12.6 Å². The van der Waals surface area contributed by atoms with E-state index in [9.17, 15) is 4.79 Å². The summed E-state index contributed by atoms with van der Waals surface area (Å²) in [6, 6.07) is 8.07. The van der Waals surface area contributed by atoms with E-state index < -0.39 is 0 Å². The normalized spacial score (nSPS) is 15.2. The second-order valence-corrected chi connectivity index (χ2v) is 6.56. The zero-order valence-corrected chi connectivity index (χ0v) is 14.7. The lowest BCUT2D eigenvalue weighted by Gasteiger charge is -2.29. The minimum Gasteiger partial charge on any atom is -0.497 e. The fourth-order valence-electron chi connectivity index (χ4n) is 3.09. The fraction of sp³-hybridized carbons (Fsp3) is 0.474. The van der Waals surface area contributed by atoms with Crippen LogP contribution in [0, 0.1) is 19.8 Å². The molecule has 3 rings (SSSR count). The van der Waals surface area contributed by atoms with Crippen LogP contribution < -0.4 is 4.74 Å². The van der Waals surface area contributed by atoms with Crippen molar-refractivity contribution in [3.05, 3.63) is 46.8 Å². The van der Waals surface area contributed by atoms with E-state index in [0.29, 0.717) is 29.5 Å². The van der Waals surface area contributed by atoms with Gasteiger partial charge in [-0.25, -0.2) is 0 Å². The predicted molar refractivity (Wildman–Crippen MR) is 91.0 cm³/mol. The van der Waals surface area contributed by atoms with Gasteiger partial charge in [-0.2, -0.15) is 0 Å². The first-order valence-electron chi connectivity index (χ1n) is 8.38. The fourth-order valence-corrected chi connectivity index (χ4v) is 3.09. The molecular formula is C19H24N2O3. The Kier molecular flexibility index (Phi) is 4.60. The van der Waals surface area contributed by atoms with Gasteiger partial charge in [-0.1, -0.05) is 17.3 Å². The molecule has 1 atom stereocenters. The van der Waals surface area contributed by atoms with E-state index >= 15 is 0 Å². The summed E-state index contributed by atoms with van der Waals surface area (Å²) in [5.41, 5.74) is 2.33. The molecule has 1 unspecified atom stereocenters. The number of ether oxygens (including phenoxy) is 1. The van der Waals surface area contributed by atoms with Crippen molar-refractivity contribution in [2.24, 2.45) is 5.92 Å². The van der Waals surface area contributed by atoms with E-state index in [4.69, 9.17) is 9.26 Å². The molecule has 1 saturated carbocycles. The molecule has 1 aliphatic carbocycles. The molecule has 0 N–H and O–H groups in total. The van der Waals surface area contributed by atoms with E-state index in [1.165, 1.54) is 12.8 Å². The third-order valence-corrected chi connectivity index (χ3v) is 4.82. The number of nitrogens with zero attached hydrogens (tertiary/aromatic N) is 2. The van der Waals surface area contributed by atoms with Crippen LogP contribution in [-0.2, 0) is 6.54 Å². The molecule has 1 aromatic heterocycles. The van der Waals surface area contributed by atoms with Crippen LogP contribution in [0.25, 0.3) is 0 Å². The van der Waals surface area contributed by atoms with Crippen molar-refractivity contribution in [2.75, 3.05) is 7.11 Å². The zero-order valence-electron chi connectivity index (χ0n) is 14.7. The number of hydrogen-bond acceptors (Lipinski definition) is 4. The third kappa shape index (κ3) is 3.30. The Labute approximate surface area is 142 Å². The van der Waals surface area contributed by atoms with Crippen LogP contribution in [0.1, 0.15) is 47.1 Å². The topological polar surface area (TPSA) is 55.6 Å². The Morgan fingerprint density at radius 2 is 2.00 bits per heavy atom. The molecule has 0 aliphatic heterocycles. The maximum atomic E-state index is 13.2. The number of methoxy groups -OCH3 is 1. The Hall–Kier alpha value is -2.30. The summed E-state index contributed by atoms with van der Waals surface area (Å²) in [6.07, 6.45) is 2.38. The number of benzene rings is 1. The summed E-state index contributed by atoms with van der Waals surface area (Å²) >= 11 is 0. The summed E-state index contributed by atoms with van der Waals surface area (Å²) in [4.78, 5) is 15.1. The molecule has 1 aliphatic rings. The average molecular weight is 328 g/mol. The summed E-state index contributed by atoms with van der Waals surface area (Å²) in [7, 11) is 1.65. The molecule has 1 fully saturated rings. The van der Waals surface area contributed by atoms with Crippen molar-refractivity contribution in [2.45, 2.75) is 46.2 Å². The maximum Gasteiger partial charge on any atom is 0.259 e. The first-order chi connectivity index (χ1) is 11.5. The highest BCUT2D eigenvalue weighted by atomic mass is 16.5. The summed E-state index contributed by atoms with van der Waals surface area (Å²) < 4.78 is 10.4. The molecule has 0 bridgehead atoms. The van der Waals surface area contributed by atoms with Crippen LogP contribution in [0.5, 0.6) is 5.75 Å². The highest BCUT2D eigenvalue weighted by Gasteiger charge is 2.36. The first-order valence-corrected chi connectivity index (χ1v) is 8.38. The maximum absolute atomic E-state index is 13.2. The average Bonchev–Trinajstić information content (AvgIpc) is 3.38. The van der Waals surface area contributed by atoms with Crippen molar-refractivity contribution in [3.8, 4) is 5.75 Å². The predicted octanol–water partition coefficient (Wildman–Crippen LogP) is 3.74. The summed E-state index contributed by atoms with van der Waals surface area (Å²) in [5, 5.41) is 3.93. The van der Waals surface area contributed by atoms with Crippen LogP contribution in [0.3, 0.4) is 0 Å². The SMILES string of the molecule is COc1ccc(CN(C(=O)c2c(C)noc2C)C(C)C2CC2)cc1. The van der Waals surface area contributed by atoms with Gasteiger partial charge >= 0.3 is 0 Å². The van der Waals surface area contributed by atoms with Gasteiger partial charge in [-0.05, 0) is 57.2 Å². The smallest absolute Gasteiger partial charge is 0.259 e. The number of carbonyl (C=O) groups excluding carboxylic acids is 1. The Balaban J connectivity index is 1.86. The van der Waals surface area contributed by atoms with Gasteiger partial charge in [-0.15, -0.1) is 0 Å². The molecule has 0 radical (unpaired) electrons. The standard InChI is InChI=1S/C19H24N2O3/c1-12-18(14(3)24-20-12)19(22)21(13(2)16-7-8-16)11-15-5-9-17(23-4)10-6-15/h5-6,9-10,13,16H,7-8,11H2,1-4H3. The van der Waals surface area contributed by atoms with Gasteiger partial charge in [0.15, 0.2) is 0 Å². The van der Waals surface area contributed by atoms with Gasteiger partial charge in [0.2, 0.25) is 0 Å². The Morgan fingerprint density at radius 1 is 1.33 bits per heavy atom. The molecule has 1 heterocycles. The van der Waals surface area contributed by atoms with E-state index in [1.807, 2.05) is 36.1 Å². The number of aromatic nitrogens is 1. The monoisotopic (exact) mass is 328 g/mol. The quantitative estimate of drug-likeness (QED) is 0.810. The summed E-state index contributed by atoms with van der Waals surface area (Å²) in [6.45, 7) is 6.32. The zero-order chi connectivity index (χ0) is 17.3. The molecule has 0 saturated heterocycles. The number of amides is 1. The number of rotatable bonds is 6. The van der Waals surface area contributed by atoms with Crippen molar-refractivity contribution in [3.63, 3.8) is 0 Å². The Morgan fingerprint density at radius 3 is 2.50 bits per heavy atom. The van der Waals surface area contributed by atoms with Crippen LogP contribution in [0.4, 0.5) is 0 Å². The largest absolute Gasteiger partial charge is 0.497 e. The Bertz CT molecular complexity index is 697. The second kappa shape index (κ2) is 6.67. The van der Waals surface area contributed by atoms with Gasteiger partial charge in [-0.3, -0.25) is 4.79 Å². The van der Waals surface area contributed by atoms with Gasteiger partial charge < -0.3 is 14.2 Å². The molecule has 1 aromatic carbocycles. The molecule has 24 heavy (non-hydrogen) atoms. The minimum atomic E-state index is 0.00136. The van der Waals surface area contributed by atoms with Gasteiger partial charge in [0.1, 0.15) is 17.1 Å². The molecule has 128 valence electrons. The first kappa shape index (κ1) is 16.6. The molecule has 5 nitrogen and oxygen atoms in total. The minimum absolute atomic E-state index is 0.00136. The number of aryl methyl sites for hydroxylation is 2.